The van der Waals surface area contributed by atoms with Gasteiger partial charge >= 0.3 is 0 Å². The van der Waals surface area contributed by atoms with Gasteiger partial charge in [0.05, 0.1) is 6.54 Å². The maximum absolute atomic E-state index is 4.34. The Morgan fingerprint density at radius 1 is 1.70 bits per heavy atom. The predicted molar refractivity (Wildman–Crippen MR) is 43.5 cm³/mol. The summed E-state index contributed by atoms with van der Waals surface area (Å²) in [4.78, 5) is 6.55. The minimum atomic E-state index is 0.890. The zero-order chi connectivity index (χ0) is 7.40. The number of nitrogens with one attached hydrogen (secondary N) is 1. The van der Waals surface area contributed by atoms with Gasteiger partial charge in [-0.1, -0.05) is 0 Å². The van der Waals surface area contributed by atoms with Crippen LogP contribution in [0.25, 0.3) is 0 Å². The van der Waals surface area contributed by atoms with Crippen LogP contribution in [0, 0.1) is 0 Å². The van der Waals surface area contributed by atoms with E-state index in [0.717, 1.165) is 26.2 Å². The van der Waals surface area contributed by atoms with Gasteiger partial charge < -0.3 is 10.2 Å². The summed E-state index contributed by atoms with van der Waals surface area (Å²) in [6.07, 6.45) is 0. The second kappa shape index (κ2) is 3.56. The summed E-state index contributed by atoms with van der Waals surface area (Å²) in [7, 11) is 2.09. The number of amidine groups is 1. The van der Waals surface area contributed by atoms with Crippen LogP contribution >= 0.6 is 0 Å². The topological polar surface area (TPSA) is 27.6 Å². The van der Waals surface area contributed by atoms with E-state index in [4.69, 9.17) is 0 Å². The first-order valence-corrected chi connectivity index (χ1v) is 3.79. The molecule has 1 rings (SSSR count). The minimum absolute atomic E-state index is 0.890. The standard InChI is InChI=1S/C7H15N3/c1-3-9-7-6-8-4-5-10(7)2/h8H,3-6H2,1-2H3. The first kappa shape index (κ1) is 7.54. The molecule has 1 fully saturated rings. The van der Waals surface area contributed by atoms with Crippen molar-refractivity contribution in [1.82, 2.24) is 10.2 Å². The summed E-state index contributed by atoms with van der Waals surface area (Å²) in [6.45, 7) is 6.05. The molecule has 10 heavy (non-hydrogen) atoms. The molecular weight excluding hydrogens is 126 g/mol. The average Bonchev–Trinajstić information content (AvgIpc) is 1.94. The lowest BCUT2D eigenvalue weighted by Gasteiger charge is -2.26. The molecule has 3 heteroatoms. The molecule has 1 heterocycles. The Bertz CT molecular complexity index is 131. The van der Waals surface area contributed by atoms with Crippen molar-refractivity contribution in [2.24, 2.45) is 4.99 Å². The van der Waals surface area contributed by atoms with Crippen LogP contribution in [0.3, 0.4) is 0 Å². The molecule has 0 amide bonds. The molecule has 0 saturated carbocycles. The second-order valence-electron chi connectivity index (χ2n) is 2.49. The summed E-state index contributed by atoms with van der Waals surface area (Å²) in [5.41, 5.74) is 0. The van der Waals surface area contributed by atoms with Crippen LogP contribution in [0.4, 0.5) is 0 Å². The van der Waals surface area contributed by atoms with E-state index in [0.29, 0.717) is 0 Å². The molecule has 0 radical (unpaired) electrons. The monoisotopic (exact) mass is 141 g/mol. The van der Waals surface area contributed by atoms with Gasteiger partial charge in [-0.2, -0.15) is 0 Å². The smallest absolute Gasteiger partial charge is 0.113 e. The van der Waals surface area contributed by atoms with Crippen LogP contribution in [-0.2, 0) is 0 Å². The fraction of sp³-hybridized carbons (Fsp3) is 0.857. The molecule has 1 saturated heterocycles. The van der Waals surface area contributed by atoms with Gasteiger partial charge in [0.25, 0.3) is 0 Å². The molecule has 0 spiro atoms. The summed E-state index contributed by atoms with van der Waals surface area (Å²) in [5, 5.41) is 3.28. The molecule has 0 unspecified atom stereocenters. The predicted octanol–water partition coefficient (Wildman–Crippen LogP) is -0.0602. The van der Waals surface area contributed by atoms with E-state index in [2.05, 4.69) is 29.2 Å². The highest BCUT2D eigenvalue weighted by Crippen LogP contribution is 1.91. The maximum atomic E-state index is 4.34. The first-order chi connectivity index (χ1) is 4.84. The van der Waals surface area contributed by atoms with Crippen LogP contribution in [0.1, 0.15) is 6.92 Å². The lowest BCUT2D eigenvalue weighted by Crippen LogP contribution is -2.46. The van der Waals surface area contributed by atoms with E-state index in [9.17, 15) is 0 Å². The molecule has 0 aromatic heterocycles. The third kappa shape index (κ3) is 1.70. The second-order valence-corrected chi connectivity index (χ2v) is 2.49. The highest BCUT2D eigenvalue weighted by Gasteiger charge is 2.09. The highest BCUT2D eigenvalue weighted by atomic mass is 15.2. The summed E-state index contributed by atoms with van der Waals surface area (Å²) < 4.78 is 0. The van der Waals surface area contributed by atoms with Crippen molar-refractivity contribution in [3.63, 3.8) is 0 Å². The minimum Gasteiger partial charge on any atom is -0.361 e. The zero-order valence-corrected chi connectivity index (χ0v) is 6.72. The molecule has 0 bridgehead atoms. The fourth-order valence-corrected chi connectivity index (χ4v) is 1.07. The normalized spacial score (nSPS) is 23.8. The summed E-state index contributed by atoms with van der Waals surface area (Å²) >= 11 is 0. The summed E-state index contributed by atoms with van der Waals surface area (Å²) in [5.74, 6) is 1.19. The van der Waals surface area contributed by atoms with Crippen LogP contribution in [0.15, 0.2) is 4.99 Å². The van der Waals surface area contributed by atoms with Crippen molar-refractivity contribution in [3.05, 3.63) is 0 Å². The van der Waals surface area contributed by atoms with Crippen molar-refractivity contribution in [2.45, 2.75) is 6.92 Å². The molecule has 1 N–H and O–H groups in total. The van der Waals surface area contributed by atoms with Crippen LogP contribution < -0.4 is 5.32 Å². The molecule has 58 valence electrons. The third-order valence-corrected chi connectivity index (χ3v) is 1.69. The summed E-state index contributed by atoms with van der Waals surface area (Å²) in [6, 6.07) is 0. The molecule has 0 aromatic rings. The third-order valence-electron chi connectivity index (χ3n) is 1.69. The van der Waals surface area contributed by atoms with Crippen LogP contribution in [0.5, 0.6) is 0 Å². The highest BCUT2D eigenvalue weighted by molar-refractivity contribution is 5.84. The van der Waals surface area contributed by atoms with E-state index in [1.54, 1.807) is 0 Å². The number of likely N-dealkylation sites (N-methyl/N-ethyl adjacent to an activating group) is 1. The van der Waals surface area contributed by atoms with Gasteiger partial charge in [0, 0.05) is 26.7 Å². The molecule has 1 aliphatic heterocycles. The van der Waals surface area contributed by atoms with Gasteiger partial charge in [-0.25, -0.2) is 0 Å². The molecule has 3 nitrogen and oxygen atoms in total. The lowest BCUT2D eigenvalue weighted by molar-refractivity contribution is 0.444. The van der Waals surface area contributed by atoms with E-state index < -0.39 is 0 Å². The molecule has 0 atom stereocenters. The molecular formula is C7H15N3. The first-order valence-electron chi connectivity index (χ1n) is 3.79. The van der Waals surface area contributed by atoms with Crippen molar-refractivity contribution < 1.29 is 0 Å². The van der Waals surface area contributed by atoms with Gasteiger partial charge in [-0.3, -0.25) is 4.99 Å². The molecule has 1 aliphatic rings. The molecule has 0 aromatic carbocycles. The average molecular weight is 141 g/mol. The van der Waals surface area contributed by atoms with Crippen molar-refractivity contribution >= 4 is 5.84 Å². The van der Waals surface area contributed by atoms with Gasteiger partial charge in [0.15, 0.2) is 0 Å². The van der Waals surface area contributed by atoms with Crippen LogP contribution in [0.2, 0.25) is 0 Å². The zero-order valence-electron chi connectivity index (χ0n) is 6.72. The molecule has 0 aliphatic carbocycles. The fourth-order valence-electron chi connectivity index (χ4n) is 1.07. The number of piperazine rings is 1. The quantitative estimate of drug-likeness (QED) is 0.554. The van der Waals surface area contributed by atoms with Gasteiger partial charge in [-0.05, 0) is 6.92 Å². The number of nitrogens with zero attached hydrogens (tertiary/aromatic N) is 2. The van der Waals surface area contributed by atoms with Crippen molar-refractivity contribution in [3.8, 4) is 0 Å². The number of hydrogen-bond donors (Lipinski definition) is 1. The Morgan fingerprint density at radius 2 is 2.50 bits per heavy atom. The van der Waals surface area contributed by atoms with Crippen LogP contribution in [-0.4, -0.2) is 44.0 Å². The van der Waals surface area contributed by atoms with E-state index in [1.807, 2.05) is 0 Å². The van der Waals surface area contributed by atoms with E-state index >= 15 is 0 Å². The van der Waals surface area contributed by atoms with E-state index in [-0.39, 0.29) is 0 Å². The van der Waals surface area contributed by atoms with E-state index in [1.165, 1.54) is 5.84 Å². The SMILES string of the molecule is CCN=C1CNCCN1C. The van der Waals surface area contributed by atoms with Gasteiger partial charge in [-0.15, -0.1) is 0 Å². The largest absolute Gasteiger partial charge is 0.361 e. The van der Waals surface area contributed by atoms with Crippen molar-refractivity contribution in [1.29, 1.82) is 0 Å². The number of rotatable bonds is 1. The Morgan fingerprint density at radius 3 is 3.10 bits per heavy atom. The maximum Gasteiger partial charge on any atom is 0.113 e. The lowest BCUT2D eigenvalue weighted by atomic mass is 10.4. The van der Waals surface area contributed by atoms with Gasteiger partial charge in [0.2, 0.25) is 0 Å². The Labute approximate surface area is 62.1 Å². The Kier molecular flexibility index (Phi) is 2.68. The number of aliphatic imine (C=N–C) groups is 1. The van der Waals surface area contributed by atoms with Gasteiger partial charge in [0.1, 0.15) is 5.84 Å². The van der Waals surface area contributed by atoms with Crippen molar-refractivity contribution in [2.75, 3.05) is 33.2 Å². The number of hydrogen-bond acceptors (Lipinski definition) is 2. The Hall–Kier alpha value is -0.570. The Balaban J connectivity index is 2.47.